The molecule has 0 fully saturated rings. The van der Waals surface area contributed by atoms with Gasteiger partial charge in [-0.3, -0.25) is 14.4 Å². The molecule has 3 amide bonds. The van der Waals surface area contributed by atoms with Crippen LogP contribution in [-0.2, 0) is 19.1 Å². The second-order valence-corrected chi connectivity index (χ2v) is 9.13. The summed E-state index contributed by atoms with van der Waals surface area (Å²) < 4.78 is 17.1. The maximum Gasteiger partial charge on any atom is 0.329 e. The number of carbonyl (C=O) groups excluding carboxylic acids is 3. The number of anilines is 1. The van der Waals surface area contributed by atoms with E-state index in [4.69, 9.17) is 14.2 Å². The molecule has 0 unspecified atom stereocenters. The number of hydrogen-bond acceptors (Lipinski definition) is 7. The van der Waals surface area contributed by atoms with Gasteiger partial charge in [0, 0.05) is 18.8 Å². The lowest BCUT2D eigenvalue weighted by Gasteiger charge is -2.13. The van der Waals surface area contributed by atoms with Crippen LogP contribution in [0.4, 0.5) is 5.69 Å². The third kappa shape index (κ3) is 10.2. The molecule has 0 radical (unpaired) electrons. The van der Waals surface area contributed by atoms with Crippen molar-refractivity contribution in [1.82, 2.24) is 10.7 Å². The van der Waals surface area contributed by atoms with E-state index in [9.17, 15) is 14.4 Å². The zero-order valence-corrected chi connectivity index (χ0v) is 22.9. The second-order valence-electron chi connectivity index (χ2n) is 7.97. The van der Waals surface area contributed by atoms with E-state index in [0.29, 0.717) is 45.9 Å². The van der Waals surface area contributed by atoms with Crippen LogP contribution in [0, 0.1) is 10.5 Å². The molecule has 36 heavy (non-hydrogen) atoms. The average molecular weight is 610 g/mol. The first-order valence-electron chi connectivity index (χ1n) is 11.3. The van der Waals surface area contributed by atoms with Gasteiger partial charge in [-0.05, 0) is 79.6 Å². The predicted octanol–water partition coefficient (Wildman–Crippen LogP) is 3.01. The predicted molar refractivity (Wildman–Crippen MR) is 145 cm³/mol. The van der Waals surface area contributed by atoms with Gasteiger partial charge in [0.25, 0.3) is 5.91 Å². The van der Waals surface area contributed by atoms with Gasteiger partial charge >= 0.3 is 11.8 Å². The number of hydrazone groups is 1. The van der Waals surface area contributed by atoms with Crippen molar-refractivity contribution in [3.63, 3.8) is 0 Å². The van der Waals surface area contributed by atoms with Crippen LogP contribution in [0.2, 0.25) is 0 Å². The molecule has 0 aromatic heterocycles. The number of hydrogen-bond donors (Lipinski definition) is 3. The molecule has 0 spiro atoms. The molecule has 0 saturated carbocycles. The highest BCUT2D eigenvalue weighted by Crippen LogP contribution is 2.33. The number of rotatable bonds is 12. The minimum absolute atomic E-state index is 0.115. The molecular formula is C25H31IN4O6. The molecule has 11 heteroatoms. The number of aryl methyl sites for hydroxylation is 1. The van der Waals surface area contributed by atoms with Gasteiger partial charge in [-0.1, -0.05) is 17.7 Å². The van der Waals surface area contributed by atoms with Crippen molar-refractivity contribution in [3.05, 3.63) is 51.1 Å². The molecule has 0 aliphatic rings. The van der Waals surface area contributed by atoms with Crippen LogP contribution in [0.15, 0.2) is 41.5 Å². The van der Waals surface area contributed by atoms with Crippen molar-refractivity contribution in [3.8, 4) is 11.5 Å². The SMILES string of the molecule is COc1cc(/C=N\NC(=O)C(=O)NCCCOC(C)C)cc(I)c1OCC(=O)Nc1ccc(C)cc1. The highest BCUT2D eigenvalue weighted by Gasteiger charge is 2.14. The van der Waals surface area contributed by atoms with Gasteiger partial charge in [-0.15, -0.1) is 0 Å². The maximum atomic E-state index is 12.3. The van der Waals surface area contributed by atoms with E-state index in [-0.39, 0.29) is 18.6 Å². The number of nitrogens with zero attached hydrogens (tertiary/aromatic N) is 1. The van der Waals surface area contributed by atoms with Gasteiger partial charge in [0.2, 0.25) is 0 Å². The largest absolute Gasteiger partial charge is 0.493 e. The Kier molecular flexibility index (Phi) is 12.1. The summed E-state index contributed by atoms with van der Waals surface area (Å²) >= 11 is 2.05. The van der Waals surface area contributed by atoms with Crippen molar-refractivity contribution >= 4 is 52.2 Å². The minimum Gasteiger partial charge on any atom is -0.493 e. The smallest absolute Gasteiger partial charge is 0.329 e. The Morgan fingerprint density at radius 2 is 1.83 bits per heavy atom. The van der Waals surface area contributed by atoms with E-state index >= 15 is 0 Å². The molecule has 2 aromatic rings. The summed E-state index contributed by atoms with van der Waals surface area (Å²) in [6, 6.07) is 10.8. The van der Waals surface area contributed by atoms with E-state index in [1.807, 2.05) is 45.0 Å². The van der Waals surface area contributed by atoms with Crippen LogP contribution in [0.25, 0.3) is 0 Å². The molecule has 0 atom stereocenters. The molecule has 0 aliphatic heterocycles. The Balaban J connectivity index is 1.87. The van der Waals surface area contributed by atoms with Crippen molar-refractivity contribution in [2.24, 2.45) is 5.10 Å². The number of carbonyl (C=O) groups is 3. The first-order chi connectivity index (χ1) is 17.2. The number of nitrogens with one attached hydrogen (secondary N) is 3. The highest BCUT2D eigenvalue weighted by atomic mass is 127. The maximum absolute atomic E-state index is 12.3. The molecule has 2 rings (SSSR count). The molecule has 0 heterocycles. The normalized spacial score (nSPS) is 10.8. The molecule has 0 bridgehead atoms. The zero-order chi connectivity index (χ0) is 26.5. The topological polar surface area (TPSA) is 127 Å². The fraction of sp³-hybridized carbons (Fsp3) is 0.360. The third-order valence-corrected chi connectivity index (χ3v) is 5.38. The number of halogens is 1. The number of ether oxygens (including phenoxy) is 3. The van der Waals surface area contributed by atoms with E-state index in [0.717, 1.165) is 5.56 Å². The molecule has 0 saturated heterocycles. The highest BCUT2D eigenvalue weighted by molar-refractivity contribution is 14.1. The Labute approximate surface area is 224 Å². The quantitative estimate of drug-likeness (QED) is 0.112. The number of amides is 3. The summed E-state index contributed by atoms with van der Waals surface area (Å²) in [5, 5.41) is 9.11. The van der Waals surface area contributed by atoms with Gasteiger partial charge in [0.05, 0.1) is 23.0 Å². The van der Waals surface area contributed by atoms with Gasteiger partial charge in [-0.25, -0.2) is 5.43 Å². The van der Waals surface area contributed by atoms with Crippen LogP contribution >= 0.6 is 22.6 Å². The summed E-state index contributed by atoms with van der Waals surface area (Å²) in [7, 11) is 1.48. The van der Waals surface area contributed by atoms with Crippen LogP contribution in [-0.4, -0.2) is 56.9 Å². The molecule has 2 aromatic carbocycles. The minimum atomic E-state index is -0.878. The number of methoxy groups -OCH3 is 1. The summed E-state index contributed by atoms with van der Waals surface area (Å²) in [6.45, 7) is 6.43. The molecule has 194 valence electrons. The van der Waals surface area contributed by atoms with Crippen LogP contribution in [0.5, 0.6) is 11.5 Å². The fourth-order valence-corrected chi connectivity index (χ4v) is 3.60. The Bertz CT molecular complexity index is 1070. The Hall–Kier alpha value is -3.19. The lowest BCUT2D eigenvalue weighted by atomic mass is 10.2. The number of benzene rings is 2. The van der Waals surface area contributed by atoms with E-state index in [1.54, 1.807) is 12.1 Å². The van der Waals surface area contributed by atoms with E-state index < -0.39 is 11.8 Å². The summed E-state index contributed by atoms with van der Waals surface area (Å²) in [5.41, 5.74) is 4.56. The lowest BCUT2D eigenvalue weighted by Crippen LogP contribution is -2.38. The van der Waals surface area contributed by atoms with E-state index in [1.165, 1.54) is 13.3 Å². The van der Waals surface area contributed by atoms with Crippen molar-refractivity contribution in [2.45, 2.75) is 33.3 Å². The van der Waals surface area contributed by atoms with Gasteiger partial charge in [0.15, 0.2) is 18.1 Å². The summed E-state index contributed by atoms with van der Waals surface area (Å²) in [4.78, 5) is 36.0. The van der Waals surface area contributed by atoms with Gasteiger partial charge < -0.3 is 24.8 Å². The summed E-state index contributed by atoms with van der Waals surface area (Å²) in [5.74, 6) is -1.18. The Morgan fingerprint density at radius 1 is 1.11 bits per heavy atom. The van der Waals surface area contributed by atoms with Crippen LogP contribution < -0.4 is 25.5 Å². The van der Waals surface area contributed by atoms with E-state index in [2.05, 4.69) is 43.8 Å². The van der Waals surface area contributed by atoms with Crippen LogP contribution in [0.3, 0.4) is 0 Å². The zero-order valence-electron chi connectivity index (χ0n) is 20.7. The van der Waals surface area contributed by atoms with Crippen molar-refractivity contribution in [2.75, 3.05) is 32.2 Å². The van der Waals surface area contributed by atoms with Gasteiger partial charge in [-0.2, -0.15) is 5.10 Å². The fourth-order valence-electron chi connectivity index (χ4n) is 2.82. The van der Waals surface area contributed by atoms with Gasteiger partial charge in [0.1, 0.15) is 0 Å². The summed E-state index contributed by atoms with van der Waals surface area (Å²) in [6.07, 6.45) is 2.09. The molecular weight excluding hydrogens is 579 g/mol. The molecule has 3 N–H and O–H groups in total. The monoisotopic (exact) mass is 610 g/mol. The first-order valence-corrected chi connectivity index (χ1v) is 12.4. The molecule has 0 aliphatic carbocycles. The standard InChI is InChI=1S/C25H31IN4O6/c1-16(2)35-11-5-10-27-24(32)25(33)30-28-14-18-12-20(26)23(21(13-18)34-4)36-15-22(31)29-19-8-6-17(3)7-9-19/h6-9,12-14,16H,5,10-11,15H2,1-4H3,(H,27,32)(H,29,31)(H,30,33)/b28-14-. The lowest BCUT2D eigenvalue weighted by molar-refractivity contribution is -0.139. The van der Waals surface area contributed by atoms with Crippen molar-refractivity contribution in [1.29, 1.82) is 0 Å². The third-order valence-electron chi connectivity index (χ3n) is 4.58. The van der Waals surface area contributed by atoms with Crippen LogP contribution in [0.1, 0.15) is 31.4 Å². The van der Waals surface area contributed by atoms with Crippen molar-refractivity contribution < 1.29 is 28.6 Å². The first kappa shape index (κ1) is 29.0. The second kappa shape index (κ2) is 15.0. The average Bonchev–Trinajstić information content (AvgIpc) is 2.83. The molecule has 10 nitrogen and oxygen atoms in total. The Morgan fingerprint density at radius 3 is 2.50 bits per heavy atom.